The number of benzene rings is 1. The molecule has 94 valence electrons. The average Bonchev–Trinajstić information content (AvgIpc) is 2.79. The number of hydrogen-bond acceptors (Lipinski definition) is 3. The molecule has 0 aromatic heterocycles. The lowest BCUT2D eigenvalue weighted by Gasteiger charge is -2.17. The van der Waals surface area contributed by atoms with Crippen molar-refractivity contribution in [2.75, 3.05) is 26.2 Å². The number of likely N-dealkylation sites (tertiary alicyclic amines) is 1. The Hall–Kier alpha value is -1.06. The monoisotopic (exact) mass is 235 g/mol. The van der Waals surface area contributed by atoms with Gasteiger partial charge in [0.2, 0.25) is 0 Å². The molecule has 17 heavy (non-hydrogen) atoms. The Kier molecular flexibility index (Phi) is 4.40. The van der Waals surface area contributed by atoms with Crippen molar-refractivity contribution < 1.29 is 9.84 Å². The van der Waals surface area contributed by atoms with Gasteiger partial charge in [-0.25, -0.2) is 0 Å². The van der Waals surface area contributed by atoms with E-state index in [0.717, 1.165) is 38.4 Å². The van der Waals surface area contributed by atoms with Gasteiger partial charge >= 0.3 is 0 Å². The topological polar surface area (TPSA) is 32.7 Å². The highest BCUT2D eigenvalue weighted by Crippen LogP contribution is 2.19. The van der Waals surface area contributed by atoms with Gasteiger partial charge in [0.25, 0.3) is 0 Å². The van der Waals surface area contributed by atoms with Crippen molar-refractivity contribution in [3.63, 3.8) is 0 Å². The van der Waals surface area contributed by atoms with Gasteiger partial charge in [0.15, 0.2) is 0 Å². The van der Waals surface area contributed by atoms with E-state index in [1.165, 1.54) is 0 Å². The molecule has 1 aliphatic rings. The molecule has 0 saturated carbocycles. The third-order valence-electron chi connectivity index (χ3n) is 3.41. The van der Waals surface area contributed by atoms with Crippen molar-refractivity contribution >= 4 is 0 Å². The molecule has 1 saturated heterocycles. The molecular weight excluding hydrogens is 214 g/mol. The summed E-state index contributed by atoms with van der Waals surface area (Å²) >= 11 is 0. The van der Waals surface area contributed by atoms with E-state index in [0.29, 0.717) is 5.92 Å². The normalized spacial score (nSPS) is 22.6. The fourth-order valence-electron chi connectivity index (χ4n) is 2.27. The van der Waals surface area contributed by atoms with E-state index in [1.807, 2.05) is 37.3 Å². The maximum absolute atomic E-state index is 9.52. The van der Waals surface area contributed by atoms with Gasteiger partial charge in [-0.2, -0.15) is 0 Å². The Morgan fingerprint density at radius 3 is 2.82 bits per heavy atom. The lowest BCUT2D eigenvalue weighted by atomic mass is 10.0. The summed E-state index contributed by atoms with van der Waals surface area (Å²) in [5, 5.41) is 9.52. The summed E-state index contributed by atoms with van der Waals surface area (Å²) in [4.78, 5) is 2.36. The maximum atomic E-state index is 9.52. The molecule has 0 amide bonds. The van der Waals surface area contributed by atoms with Crippen LogP contribution in [0.2, 0.25) is 0 Å². The highest BCUT2D eigenvalue weighted by atomic mass is 16.5. The molecule has 1 heterocycles. The minimum atomic E-state index is -0.185. The van der Waals surface area contributed by atoms with Gasteiger partial charge in [-0.1, -0.05) is 18.2 Å². The predicted octanol–water partition coefficient (Wildman–Crippen LogP) is 1.77. The van der Waals surface area contributed by atoms with Gasteiger partial charge in [-0.05, 0) is 37.9 Å². The second-order valence-corrected chi connectivity index (χ2v) is 4.75. The van der Waals surface area contributed by atoms with Gasteiger partial charge in [0.05, 0.1) is 6.10 Å². The zero-order chi connectivity index (χ0) is 12.1. The van der Waals surface area contributed by atoms with Crippen molar-refractivity contribution in [1.29, 1.82) is 0 Å². The summed E-state index contributed by atoms with van der Waals surface area (Å²) in [6.45, 7) is 5.62. The first-order valence-corrected chi connectivity index (χ1v) is 6.34. The molecule has 1 N–H and O–H groups in total. The molecule has 0 aliphatic carbocycles. The molecule has 1 aromatic rings. The molecular formula is C14H21NO2. The Morgan fingerprint density at radius 1 is 1.41 bits per heavy atom. The summed E-state index contributed by atoms with van der Waals surface area (Å²) in [6.07, 6.45) is 0.915. The van der Waals surface area contributed by atoms with E-state index >= 15 is 0 Å². The van der Waals surface area contributed by atoms with Crippen LogP contribution in [0.25, 0.3) is 0 Å². The van der Waals surface area contributed by atoms with E-state index in [9.17, 15) is 5.11 Å². The second kappa shape index (κ2) is 6.03. The number of hydrogen-bond donors (Lipinski definition) is 1. The number of para-hydroxylation sites is 1. The largest absolute Gasteiger partial charge is 0.492 e. The Bertz CT molecular complexity index is 326. The Labute approximate surface area is 103 Å². The van der Waals surface area contributed by atoms with E-state index in [1.54, 1.807) is 0 Å². The number of nitrogens with zero attached hydrogens (tertiary/aromatic N) is 1. The second-order valence-electron chi connectivity index (χ2n) is 4.75. The molecule has 2 rings (SSSR count). The molecule has 2 unspecified atom stereocenters. The zero-order valence-electron chi connectivity index (χ0n) is 10.4. The Balaban J connectivity index is 1.67. The number of aliphatic hydroxyl groups excluding tert-OH is 1. The zero-order valence-corrected chi connectivity index (χ0v) is 10.4. The number of rotatable bonds is 5. The van der Waals surface area contributed by atoms with Crippen LogP contribution in [0.1, 0.15) is 13.3 Å². The first-order chi connectivity index (χ1) is 8.25. The van der Waals surface area contributed by atoms with E-state index in [4.69, 9.17) is 4.74 Å². The summed E-state index contributed by atoms with van der Waals surface area (Å²) in [7, 11) is 0. The lowest BCUT2D eigenvalue weighted by Crippen LogP contribution is -2.28. The van der Waals surface area contributed by atoms with Gasteiger partial charge < -0.3 is 9.84 Å². The molecule has 0 spiro atoms. The molecule has 0 radical (unpaired) electrons. The SMILES string of the molecule is CC(O)C1CCN(CCOc2ccccc2)C1. The quantitative estimate of drug-likeness (QED) is 0.844. The third-order valence-corrected chi connectivity index (χ3v) is 3.41. The van der Waals surface area contributed by atoms with Crippen LogP contribution in [0.3, 0.4) is 0 Å². The van der Waals surface area contributed by atoms with Crippen molar-refractivity contribution in [1.82, 2.24) is 4.90 Å². The molecule has 1 aliphatic heterocycles. The number of ether oxygens (including phenoxy) is 1. The van der Waals surface area contributed by atoms with Crippen LogP contribution < -0.4 is 4.74 Å². The van der Waals surface area contributed by atoms with Gasteiger partial charge in [0, 0.05) is 13.1 Å². The van der Waals surface area contributed by atoms with Crippen LogP contribution >= 0.6 is 0 Å². The van der Waals surface area contributed by atoms with Gasteiger partial charge in [-0.3, -0.25) is 4.90 Å². The molecule has 0 bridgehead atoms. The minimum Gasteiger partial charge on any atom is -0.492 e. The van der Waals surface area contributed by atoms with Crippen molar-refractivity contribution in [2.45, 2.75) is 19.4 Å². The number of aliphatic hydroxyl groups is 1. The van der Waals surface area contributed by atoms with Crippen molar-refractivity contribution in [3.05, 3.63) is 30.3 Å². The van der Waals surface area contributed by atoms with E-state index in [-0.39, 0.29) is 6.10 Å². The minimum absolute atomic E-state index is 0.185. The van der Waals surface area contributed by atoms with Crippen LogP contribution in [0.15, 0.2) is 30.3 Å². The van der Waals surface area contributed by atoms with E-state index < -0.39 is 0 Å². The highest BCUT2D eigenvalue weighted by molar-refractivity contribution is 5.20. The summed E-state index contributed by atoms with van der Waals surface area (Å²) < 4.78 is 5.66. The first-order valence-electron chi connectivity index (χ1n) is 6.34. The van der Waals surface area contributed by atoms with Crippen molar-refractivity contribution in [3.8, 4) is 5.75 Å². The molecule has 3 nitrogen and oxygen atoms in total. The maximum Gasteiger partial charge on any atom is 0.119 e. The Morgan fingerprint density at radius 2 is 2.18 bits per heavy atom. The summed E-state index contributed by atoms with van der Waals surface area (Å²) in [5.41, 5.74) is 0. The molecule has 2 atom stereocenters. The van der Waals surface area contributed by atoms with Crippen LogP contribution in [-0.4, -0.2) is 42.4 Å². The fourth-order valence-corrected chi connectivity index (χ4v) is 2.27. The highest BCUT2D eigenvalue weighted by Gasteiger charge is 2.25. The van der Waals surface area contributed by atoms with Crippen molar-refractivity contribution in [2.24, 2.45) is 5.92 Å². The van der Waals surface area contributed by atoms with Crippen LogP contribution in [-0.2, 0) is 0 Å². The van der Waals surface area contributed by atoms with Crippen LogP contribution in [0.4, 0.5) is 0 Å². The molecule has 1 aromatic carbocycles. The lowest BCUT2D eigenvalue weighted by molar-refractivity contribution is 0.125. The molecule has 1 fully saturated rings. The summed E-state index contributed by atoms with van der Waals surface area (Å²) in [5.74, 6) is 1.37. The molecule has 3 heteroatoms. The fraction of sp³-hybridized carbons (Fsp3) is 0.571. The predicted molar refractivity (Wildman–Crippen MR) is 68.2 cm³/mol. The van der Waals surface area contributed by atoms with Crippen LogP contribution in [0, 0.1) is 5.92 Å². The standard InChI is InChI=1S/C14H21NO2/c1-12(16)13-7-8-15(11-13)9-10-17-14-5-3-2-4-6-14/h2-6,12-13,16H,7-11H2,1H3. The van der Waals surface area contributed by atoms with Gasteiger partial charge in [0.1, 0.15) is 12.4 Å². The average molecular weight is 235 g/mol. The third kappa shape index (κ3) is 3.72. The first kappa shape index (κ1) is 12.4. The van der Waals surface area contributed by atoms with E-state index in [2.05, 4.69) is 4.90 Å². The smallest absolute Gasteiger partial charge is 0.119 e. The summed E-state index contributed by atoms with van der Waals surface area (Å²) in [6, 6.07) is 9.90. The van der Waals surface area contributed by atoms with Gasteiger partial charge in [-0.15, -0.1) is 0 Å². The van der Waals surface area contributed by atoms with Crippen LogP contribution in [0.5, 0.6) is 5.75 Å².